The molecular weight excluding hydrogens is 454 g/mol. The summed E-state index contributed by atoms with van der Waals surface area (Å²) in [5.41, 5.74) is 6.56. The number of ether oxygens (including phenoxy) is 2. The number of benzene rings is 2. The van der Waals surface area contributed by atoms with Crippen molar-refractivity contribution in [2.24, 2.45) is 5.10 Å². The zero-order valence-corrected chi connectivity index (χ0v) is 19.8. The normalized spacial score (nSPS) is 11.1. The quantitative estimate of drug-likeness (QED) is 0.261. The Kier molecular flexibility index (Phi) is 7.04. The molecule has 34 heavy (non-hydrogen) atoms. The second kappa shape index (κ2) is 10.3. The van der Waals surface area contributed by atoms with Gasteiger partial charge in [-0.3, -0.25) is 4.79 Å². The van der Waals surface area contributed by atoms with Gasteiger partial charge in [0.05, 0.1) is 18.3 Å². The van der Waals surface area contributed by atoms with Crippen LogP contribution in [-0.2, 0) is 6.61 Å². The number of hydrazone groups is 1. The Labute approximate surface area is 202 Å². The number of halogens is 1. The lowest BCUT2D eigenvalue weighted by atomic mass is 10.2. The number of carbonyl (C=O) groups is 1. The third-order valence-corrected chi connectivity index (χ3v) is 5.48. The number of amides is 1. The van der Waals surface area contributed by atoms with Crippen LogP contribution in [0, 0.1) is 13.8 Å². The predicted octanol–water partition coefficient (Wildman–Crippen LogP) is 5.69. The molecule has 0 fully saturated rings. The number of aromatic nitrogens is 1. The summed E-state index contributed by atoms with van der Waals surface area (Å²) >= 11 is 6.09. The number of rotatable bonds is 8. The molecule has 7 nitrogen and oxygen atoms in total. The van der Waals surface area contributed by atoms with E-state index in [1.807, 2.05) is 24.3 Å². The molecule has 2 heterocycles. The van der Waals surface area contributed by atoms with Crippen LogP contribution >= 0.6 is 11.6 Å². The molecule has 0 atom stereocenters. The van der Waals surface area contributed by atoms with Gasteiger partial charge in [-0.25, -0.2) is 5.43 Å². The number of furan rings is 1. The van der Waals surface area contributed by atoms with Gasteiger partial charge < -0.3 is 18.5 Å². The summed E-state index contributed by atoms with van der Waals surface area (Å²) in [7, 11) is 1.54. The van der Waals surface area contributed by atoms with Crippen LogP contribution in [0.25, 0.3) is 5.69 Å². The largest absolute Gasteiger partial charge is 0.495 e. The predicted molar refractivity (Wildman–Crippen MR) is 131 cm³/mol. The Morgan fingerprint density at radius 2 is 1.79 bits per heavy atom. The fourth-order valence-electron chi connectivity index (χ4n) is 3.48. The zero-order chi connectivity index (χ0) is 24.1. The Hall–Kier alpha value is -3.97. The summed E-state index contributed by atoms with van der Waals surface area (Å²) in [4.78, 5) is 12.3. The first-order valence-corrected chi connectivity index (χ1v) is 11.0. The van der Waals surface area contributed by atoms with Crippen LogP contribution in [0.4, 0.5) is 0 Å². The first-order chi connectivity index (χ1) is 16.4. The molecular formula is C26H24ClN3O4. The molecule has 0 saturated heterocycles. The van der Waals surface area contributed by atoms with Crippen molar-refractivity contribution >= 4 is 23.7 Å². The van der Waals surface area contributed by atoms with Crippen LogP contribution in [0.2, 0.25) is 5.02 Å². The molecule has 8 heteroatoms. The number of hydrogen-bond acceptors (Lipinski definition) is 5. The van der Waals surface area contributed by atoms with Crippen LogP contribution in [0.5, 0.6) is 11.5 Å². The average Bonchev–Trinajstić information content (AvgIpc) is 3.44. The van der Waals surface area contributed by atoms with Crippen molar-refractivity contribution in [1.82, 2.24) is 9.99 Å². The van der Waals surface area contributed by atoms with Gasteiger partial charge >= 0.3 is 5.91 Å². The van der Waals surface area contributed by atoms with Crippen LogP contribution < -0.4 is 14.9 Å². The highest BCUT2D eigenvalue weighted by molar-refractivity contribution is 6.32. The molecule has 174 valence electrons. The van der Waals surface area contributed by atoms with Crippen LogP contribution in [-0.4, -0.2) is 23.8 Å². The molecule has 2 aromatic heterocycles. The van der Waals surface area contributed by atoms with Crippen molar-refractivity contribution in [3.05, 3.63) is 100 Å². The third-order valence-electron chi connectivity index (χ3n) is 5.19. The van der Waals surface area contributed by atoms with Crippen molar-refractivity contribution in [3.8, 4) is 17.2 Å². The van der Waals surface area contributed by atoms with Crippen LogP contribution in [0.15, 0.2) is 76.2 Å². The Morgan fingerprint density at radius 1 is 1.06 bits per heavy atom. The minimum Gasteiger partial charge on any atom is -0.495 e. The van der Waals surface area contributed by atoms with Crippen LogP contribution in [0.1, 0.15) is 33.3 Å². The fourth-order valence-corrected chi connectivity index (χ4v) is 3.75. The van der Waals surface area contributed by atoms with E-state index in [1.54, 1.807) is 37.4 Å². The van der Waals surface area contributed by atoms with Crippen molar-refractivity contribution in [2.45, 2.75) is 20.5 Å². The lowest BCUT2D eigenvalue weighted by Gasteiger charge is -2.10. The van der Waals surface area contributed by atoms with Gasteiger partial charge in [0.2, 0.25) is 0 Å². The first-order valence-electron chi connectivity index (χ1n) is 10.6. The smallest absolute Gasteiger partial charge is 0.307 e. The summed E-state index contributed by atoms with van der Waals surface area (Å²) in [6.07, 6.45) is 1.48. The number of nitrogens with one attached hydrogen (secondary N) is 1. The number of carbonyl (C=O) groups excluding carboxylic acids is 1. The molecule has 0 aliphatic heterocycles. The van der Waals surface area contributed by atoms with Crippen molar-refractivity contribution < 1.29 is 18.7 Å². The lowest BCUT2D eigenvalue weighted by molar-refractivity contribution is 0.0923. The van der Waals surface area contributed by atoms with Gasteiger partial charge in [0, 0.05) is 17.1 Å². The Morgan fingerprint density at radius 3 is 2.47 bits per heavy atom. The molecule has 1 amide bonds. The van der Waals surface area contributed by atoms with E-state index >= 15 is 0 Å². The van der Waals surface area contributed by atoms with Crippen LogP contribution in [0.3, 0.4) is 0 Å². The topological polar surface area (TPSA) is 78.0 Å². The van der Waals surface area contributed by atoms with Crippen molar-refractivity contribution in [2.75, 3.05) is 7.11 Å². The van der Waals surface area contributed by atoms with Gasteiger partial charge in [0.1, 0.15) is 23.9 Å². The molecule has 1 N–H and O–H groups in total. The van der Waals surface area contributed by atoms with Gasteiger partial charge in [0.25, 0.3) is 0 Å². The number of methoxy groups -OCH3 is 1. The highest BCUT2D eigenvalue weighted by atomic mass is 35.5. The maximum atomic E-state index is 12.3. The summed E-state index contributed by atoms with van der Waals surface area (Å²) in [5, 5.41) is 4.40. The van der Waals surface area contributed by atoms with Gasteiger partial charge in [-0.15, -0.1) is 0 Å². The molecule has 0 aliphatic carbocycles. The van der Waals surface area contributed by atoms with E-state index in [2.05, 4.69) is 41.1 Å². The second-order valence-electron chi connectivity index (χ2n) is 7.59. The van der Waals surface area contributed by atoms with E-state index in [9.17, 15) is 4.79 Å². The maximum absolute atomic E-state index is 12.3. The third kappa shape index (κ3) is 5.32. The average molecular weight is 478 g/mol. The highest BCUT2D eigenvalue weighted by Gasteiger charge is 2.11. The van der Waals surface area contributed by atoms with E-state index in [-0.39, 0.29) is 12.4 Å². The SMILES string of the molecule is COc1ccc(C=NNC(=O)c2ccc(COc3ccc(-n4c(C)ccc4C)cc3)o2)cc1Cl. The first kappa shape index (κ1) is 23.2. The summed E-state index contributed by atoms with van der Waals surface area (Å²) in [6.45, 7) is 4.34. The maximum Gasteiger partial charge on any atom is 0.307 e. The van der Waals surface area contributed by atoms with Gasteiger partial charge in [-0.1, -0.05) is 11.6 Å². The molecule has 0 bridgehead atoms. The minimum atomic E-state index is -0.469. The second-order valence-corrected chi connectivity index (χ2v) is 8.00. The standard InChI is InChI=1S/C26H24ClN3O4/c1-17-4-5-18(2)30(17)20-7-9-21(10-8-20)33-16-22-11-13-25(34-22)26(31)29-28-15-19-6-12-24(32-3)23(27)14-19/h4-15H,16H2,1-3H3,(H,29,31). The van der Waals surface area contributed by atoms with Crippen molar-refractivity contribution in [1.29, 1.82) is 0 Å². The highest BCUT2D eigenvalue weighted by Crippen LogP contribution is 2.24. The van der Waals surface area contributed by atoms with E-state index < -0.39 is 5.91 Å². The zero-order valence-electron chi connectivity index (χ0n) is 19.0. The fraction of sp³-hybridized carbons (Fsp3) is 0.154. The minimum absolute atomic E-state index is 0.136. The molecule has 4 rings (SSSR count). The Balaban J connectivity index is 1.31. The van der Waals surface area contributed by atoms with E-state index in [4.69, 9.17) is 25.5 Å². The van der Waals surface area contributed by atoms with Crippen molar-refractivity contribution in [3.63, 3.8) is 0 Å². The monoisotopic (exact) mass is 477 g/mol. The van der Waals surface area contributed by atoms with Gasteiger partial charge in [0.15, 0.2) is 5.76 Å². The number of nitrogens with zero attached hydrogens (tertiary/aromatic N) is 2. The van der Waals surface area contributed by atoms with E-state index in [1.165, 1.54) is 17.6 Å². The van der Waals surface area contributed by atoms with Gasteiger partial charge in [-0.05, 0) is 86.1 Å². The summed E-state index contributed by atoms with van der Waals surface area (Å²) in [6, 6.07) is 20.5. The molecule has 0 saturated carbocycles. The number of aryl methyl sites for hydroxylation is 2. The molecule has 0 spiro atoms. The Bertz CT molecular complexity index is 1300. The summed E-state index contributed by atoms with van der Waals surface area (Å²) < 4.78 is 18.7. The molecule has 4 aromatic rings. The number of hydrogen-bond donors (Lipinski definition) is 1. The molecule has 0 radical (unpaired) electrons. The van der Waals surface area contributed by atoms with E-state index in [0.717, 1.165) is 5.69 Å². The molecule has 0 unspecified atom stereocenters. The van der Waals surface area contributed by atoms with E-state index in [0.29, 0.717) is 27.8 Å². The molecule has 2 aromatic carbocycles. The lowest BCUT2D eigenvalue weighted by Crippen LogP contribution is -2.16. The summed E-state index contributed by atoms with van der Waals surface area (Å²) in [5.74, 6) is 1.46. The molecule has 0 aliphatic rings. The van der Waals surface area contributed by atoms with Gasteiger partial charge in [-0.2, -0.15) is 5.10 Å².